The second-order valence-electron chi connectivity index (χ2n) is 6.04. The Morgan fingerprint density at radius 3 is 3.00 bits per heavy atom. The van der Waals surface area contributed by atoms with Gasteiger partial charge in [-0.05, 0) is 32.3 Å². The lowest BCUT2D eigenvalue weighted by Gasteiger charge is -2.20. The van der Waals surface area contributed by atoms with Crippen molar-refractivity contribution in [3.8, 4) is 0 Å². The van der Waals surface area contributed by atoms with Crippen molar-refractivity contribution < 1.29 is 4.52 Å². The minimum absolute atomic E-state index is 0.477. The second-order valence-corrected chi connectivity index (χ2v) is 6.04. The molecule has 1 saturated carbocycles. The zero-order valence-electron chi connectivity index (χ0n) is 13.3. The second kappa shape index (κ2) is 5.60. The molecule has 1 aliphatic rings. The Morgan fingerprint density at radius 2 is 2.22 bits per heavy atom. The van der Waals surface area contributed by atoms with E-state index in [1.807, 2.05) is 13.8 Å². The predicted molar refractivity (Wildman–Crippen MR) is 83.3 cm³/mol. The molecule has 0 spiro atoms. The predicted octanol–water partition coefficient (Wildman–Crippen LogP) is 2.05. The zero-order chi connectivity index (χ0) is 15.8. The average molecular weight is 313 g/mol. The van der Waals surface area contributed by atoms with E-state index in [1.165, 1.54) is 19.3 Å². The van der Waals surface area contributed by atoms with Crippen LogP contribution in [0.5, 0.6) is 0 Å². The first-order valence-corrected chi connectivity index (χ1v) is 7.96. The van der Waals surface area contributed by atoms with Crippen LogP contribution in [0.4, 0.5) is 5.69 Å². The minimum Gasteiger partial charge on any atom is -0.381 e. The summed E-state index contributed by atoms with van der Waals surface area (Å²) in [5, 5.41) is 19.9. The van der Waals surface area contributed by atoms with Gasteiger partial charge < -0.3 is 9.84 Å². The standard InChI is InChI=1S/C15H19N7O/c1-9-10(2)20-22-8-17-19-14(22)13(9)16-7-6-12-18-15(23-21-12)11-4-3-5-11/h8,11,16H,3-7H2,1-2H3. The van der Waals surface area contributed by atoms with Crippen molar-refractivity contribution in [2.75, 3.05) is 11.9 Å². The van der Waals surface area contributed by atoms with E-state index in [0.717, 1.165) is 34.3 Å². The number of aryl methyl sites for hydroxylation is 1. The van der Waals surface area contributed by atoms with Gasteiger partial charge in [0, 0.05) is 18.9 Å². The van der Waals surface area contributed by atoms with Crippen LogP contribution in [-0.2, 0) is 6.42 Å². The van der Waals surface area contributed by atoms with Gasteiger partial charge in [0.25, 0.3) is 0 Å². The Morgan fingerprint density at radius 1 is 1.35 bits per heavy atom. The molecule has 0 unspecified atom stereocenters. The number of hydrogen-bond donors (Lipinski definition) is 1. The van der Waals surface area contributed by atoms with Crippen LogP contribution in [0, 0.1) is 13.8 Å². The fourth-order valence-corrected chi connectivity index (χ4v) is 2.75. The number of nitrogens with zero attached hydrogens (tertiary/aromatic N) is 6. The van der Waals surface area contributed by atoms with E-state index in [0.29, 0.717) is 18.9 Å². The molecule has 1 aliphatic carbocycles. The lowest BCUT2D eigenvalue weighted by atomic mass is 9.85. The molecular weight excluding hydrogens is 294 g/mol. The van der Waals surface area contributed by atoms with E-state index in [9.17, 15) is 0 Å². The molecule has 8 nitrogen and oxygen atoms in total. The molecule has 0 aliphatic heterocycles. The van der Waals surface area contributed by atoms with Crippen molar-refractivity contribution in [1.29, 1.82) is 0 Å². The van der Waals surface area contributed by atoms with Gasteiger partial charge in [0.1, 0.15) is 6.33 Å². The molecule has 3 aromatic rings. The number of fused-ring (bicyclic) bond motifs is 1. The molecule has 4 rings (SSSR count). The van der Waals surface area contributed by atoms with Crippen molar-refractivity contribution in [3.05, 3.63) is 29.3 Å². The van der Waals surface area contributed by atoms with Crippen molar-refractivity contribution >= 4 is 11.3 Å². The highest BCUT2D eigenvalue weighted by Crippen LogP contribution is 2.35. The first-order valence-electron chi connectivity index (χ1n) is 7.96. The van der Waals surface area contributed by atoms with Crippen molar-refractivity contribution in [1.82, 2.24) is 30.0 Å². The molecule has 8 heteroatoms. The minimum atomic E-state index is 0.477. The number of aromatic nitrogens is 6. The summed E-state index contributed by atoms with van der Waals surface area (Å²) in [5.74, 6) is 2.02. The molecule has 23 heavy (non-hydrogen) atoms. The molecule has 1 fully saturated rings. The normalized spacial score (nSPS) is 15.0. The van der Waals surface area contributed by atoms with Gasteiger partial charge >= 0.3 is 0 Å². The van der Waals surface area contributed by atoms with Gasteiger partial charge in [-0.25, -0.2) is 0 Å². The molecule has 3 heterocycles. The first-order chi connectivity index (χ1) is 11.2. The van der Waals surface area contributed by atoms with E-state index in [1.54, 1.807) is 10.8 Å². The quantitative estimate of drug-likeness (QED) is 0.770. The Labute approximate surface area is 133 Å². The van der Waals surface area contributed by atoms with E-state index < -0.39 is 0 Å². The lowest BCUT2D eigenvalue weighted by Crippen LogP contribution is -2.11. The van der Waals surface area contributed by atoms with Crippen LogP contribution >= 0.6 is 0 Å². The number of rotatable bonds is 5. The van der Waals surface area contributed by atoms with Crippen LogP contribution in [-0.4, -0.2) is 36.5 Å². The summed E-state index contributed by atoms with van der Waals surface area (Å²) in [6, 6.07) is 0. The van der Waals surface area contributed by atoms with Crippen LogP contribution in [0.25, 0.3) is 5.65 Å². The Kier molecular flexibility index (Phi) is 3.44. The van der Waals surface area contributed by atoms with Crippen LogP contribution in [0.2, 0.25) is 0 Å². The summed E-state index contributed by atoms with van der Waals surface area (Å²) in [6.07, 6.45) is 5.91. The summed E-state index contributed by atoms with van der Waals surface area (Å²) in [5.41, 5.74) is 3.72. The van der Waals surface area contributed by atoms with E-state index in [2.05, 4.69) is 30.8 Å². The topological polar surface area (TPSA) is 94.0 Å². The maximum Gasteiger partial charge on any atom is 0.229 e. The van der Waals surface area contributed by atoms with Crippen molar-refractivity contribution in [2.45, 2.75) is 45.4 Å². The molecule has 0 aromatic carbocycles. The van der Waals surface area contributed by atoms with Gasteiger partial charge in [0.15, 0.2) is 5.82 Å². The summed E-state index contributed by atoms with van der Waals surface area (Å²) < 4.78 is 7.03. The van der Waals surface area contributed by atoms with Crippen LogP contribution < -0.4 is 5.32 Å². The van der Waals surface area contributed by atoms with Gasteiger partial charge in [-0.15, -0.1) is 10.2 Å². The van der Waals surface area contributed by atoms with Crippen LogP contribution in [0.3, 0.4) is 0 Å². The van der Waals surface area contributed by atoms with Gasteiger partial charge in [0.2, 0.25) is 11.5 Å². The van der Waals surface area contributed by atoms with E-state index >= 15 is 0 Å². The third kappa shape index (κ3) is 2.54. The highest BCUT2D eigenvalue weighted by molar-refractivity contribution is 5.71. The fraction of sp³-hybridized carbons (Fsp3) is 0.533. The Balaban J connectivity index is 1.46. The molecule has 0 radical (unpaired) electrons. The highest BCUT2D eigenvalue weighted by Gasteiger charge is 2.25. The van der Waals surface area contributed by atoms with Gasteiger partial charge in [0.05, 0.1) is 11.4 Å². The van der Waals surface area contributed by atoms with Crippen molar-refractivity contribution in [3.63, 3.8) is 0 Å². The fourth-order valence-electron chi connectivity index (χ4n) is 2.75. The summed E-state index contributed by atoms with van der Waals surface area (Å²) in [7, 11) is 0. The number of anilines is 1. The number of hydrogen-bond acceptors (Lipinski definition) is 7. The lowest BCUT2D eigenvalue weighted by molar-refractivity contribution is 0.291. The Bertz CT molecular complexity index is 834. The highest BCUT2D eigenvalue weighted by atomic mass is 16.5. The first kappa shape index (κ1) is 14.1. The zero-order valence-corrected chi connectivity index (χ0v) is 13.3. The third-order valence-electron chi connectivity index (χ3n) is 4.52. The maximum absolute atomic E-state index is 5.35. The average Bonchev–Trinajstić information content (AvgIpc) is 3.10. The summed E-state index contributed by atoms with van der Waals surface area (Å²) >= 11 is 0. The molecule has 0 saturated heterocycles. The summed E-state index contributed by atoms with van der Waals surface area (Å²) in [4.78, 5) is 4.49. The van der Waals surface area contributed by atoms with Crippen LogP contribution in [0.1, 0.15) is 48.2 Å². The molecular formula is C15H19N7O. The number of nitrogens with one attached hydrogen (secondary N) is 1. The van der Waals surface area contributed by atoms with E-state index in [4.69, 9.17) is 4.52 Å². The molecule has 3 aromatic heterocycles. The van der Waals surface area contributed by atoms with Crippen LogP contribution in [0.15, 0.2) is 10.9 Å². The smallest absolute Gasteiger partial charge is 0.229 e. The molecule has 120 valence electrons. The summed E-state index contributed by atoms with van der Waals surface area (Å²) in [6.45, 7) is 4.71. The van der Waals surface area contributed by atoms with Gasteiger partial charge in [-0.3, -0.25) is 0 Å². The molecule has 0 amide bonds. The SMILES string of the molecule is Cc1nn2cnnc2c(NCCc2noc(C3CCC3)n2)c1C. The third-order valence-corrected chi connectivity index (χ3v) is 4.52. The van der Waals surface area contributed by atoms with E-state index in [-0.39, 0.29) is 0 Å². The van der Waals surface area contributed by atoms with Gasteiger partial charge in [-0.1, -0.05) is 11.6 Å². The monoisotopic (exact) mass is 313 g/mol. The largest absolute Gasteiger partial charge is 0.381 e. The molecule has 0 atom stereocenters. The Hall–Kier alpha value is -2.51. The van der Waals surface area contributed by atoms with Gasteiger partial charge in [-0.2, -0.15) is 14.6 Å². The molecule has 0 bridgehead atoms. The molecule has 1 N–H and O–H groups in total. The maximum atomic E-state index is 5.35. The van der Waals surface area contributed by atoms with Crippen molar-refractivity contribution in [2.24, 2.45) is 0 Å².